The molecule has 0 aromatic heterocycles. The van der Waals surface area contributed by atoms with Crippen LogP contribution in [0, 0.1) is 5.92 Å². The molecule has 0 bridgehead atoms. The van der Waals surface area contributed by atoms with Crippen molar-refractivity contribution in [2.75, 3.05) is 25.0 Å². The summed E-state index contributed by atoms with van der Waals surface area (Å²) in [6, 6.07) is 17.4. The molecule has 1 N–H and O–H groups in total. The van der Waals surface area contributed by atoms with Gasteiger partial charge in [-0.2, -0.15) is 0 Å². The maximum atomic E-state index is 13.2. The molecule has 0 aliphatic carbocycles. The molecule has 2 aromatic rings. The van der Waals surface area contributed by atoms with Crippen molar-refractivity contribution < 1.29 is 9.53 Å². The lowest BCUT2D eigenvalue weighted by Gasteiger charge is -2.36. The number of nitrogens with zero attached hydrogens (tertiary/aromatic N) is 1. The van der Waals surface area contributed by atoms with E-state index in [0.29, 0.717) is 12.4 Å². The van der Waals surface area contributed by atoms with E-state index in [9.17, 15) is 4.79 Å². The molecule has 1 heterocycles. The number of anilines is 1. The number of benzene rings is 2. The summed E-state index contributed by atoms with van der Waals surface area (Å²) in [4.78, 5) is 15.5. The van der Waals surface area contributed by atoms with E-state index >= 15 is 0 Å². The average Bonchev–Trinajstić information content (AvgIpc) is 2.66. The largest absolute Gasteiger partial charge is 0.492 e. The van der Waals surface area contributed by atoms with Gasteiger partial charge in [0.15, 0.2) is 0 Å². The van der Waals surface area contributed by atoms with Gasteiger partial charge in [-0.1, -0.05) is 49.4 Å². The molecule has 138 valence electrons. The number of hydrogen-bond acceptors (Lipinski definition) is 3. The molecule has 4 nitrogen and oxygen atoms in total. The number of likely N-dealkylation sites (tertiary alicyclic amines) is 1. The van der Waals surface area contributed by atoms with E-state index in [1.165, 1.54) is 0 Å². The number of rotatable bonds is 6. The fourth-order valence-corrected chi connectivity index (χ4v) is 3.50. The van der Waals surface area contributed by atoms with Gasteiger partial charge in [0.25, 0.3) is 0 Å². The van der Waals surface area contributed by atoms with Gasteiger partial charge in [-0.15, -0.1) is 0 Å². The molecule has 0 radical (unpaired) electrons. The van der Waals surface area contributed by atoms with Gasteiger partial charge in [-0.3, -0.25) is 9.69 Å². The van der Waals surface area contributed by atoms with Crippen LogP contribution in [0.25, 0.3) is 0 Å². The molecule has 1 atom stereocenters. The molecule has 4 heteroatoms. The van der Waals surface area contributed by atoms with Gasteiger partial charge in [-0.05, 0) is 56.5 Å². The van der Waals surface area contributed by atoms with Crippen LogP contribution in [0.15, 0.2) is 54.6 Å². The normalized spacial score (nSPS) is 16.8. The quantitative estimate of drug-likeness (QED) is 0.832. The minimum Gasteiger partial charge on any atom is -0.492 e. The highest BCUT2D eigenvalue weighted by atomic mass is 16.5. The molecule has 1 aliphatic rings. The average molecular weight is 352 g/mol. The lowest BCUT2D eigenvalue weighted by Crippen LogP contribution is -2.41. The van der Waals surface area contributed by atoms with Crippen molar-refractivity contribution in [2.24, 2.45) is 5.92 Å². The second kappa shape index (κ2) is 8.86. The van der Waals surface area contributed by atoms with E-state index < -0.39 is 0 Å². The van der Waals surface area contributed by atoms with Crippen molar-refractivity contribution in [3.8, 4) is 5.75 Å². The van der Waals surface area contributed by atoms with Crippen LogP contribution >= 0.6 is 0 Å². The third-order valence-corrected chi connectivity index (χ3v) is 4.99. The zero-order valence-corrected chi connectivity index (χ0v) is 15.7. The smallest absolute Gasteiger partial charge is 0.246 e. The molecule has 0 saturated carbocycles. The van der Waals surface area contributed by atoms with Crippen LogP contribution in [0.4, 0.5) is 5.69 Å². The third kappa shape index (κ3) is 4.44. The third-order valence-electron chi connectivity index (χ3n) is 4.99. The lowest BCUT2D eigenvalue weighted by atomic mass is 9.95. The van der Waals surface area contributed by atoms with Gasteiger partial charge in [0.05, 0.1) is 12.3 Å². The fraction of sp³-hybridized carbons (Fsp3) is 0.409. The SMILES string of the molecule is CCOc1ccccc1NC(=O)[C@@H](c1ccccc1)N1CCC(C)CC1. The van der Waals surface area contributed by atoms with E-state index in [-0.39, 0.29) is 11.9 Å². The highest BCUT2D eigenvalue weighted by Crippen LogP contribution is 2.30. The van der Waals surface area contributed by atoms with Crippen molar-refractivity contribution in [3.63, 3.8) is 0 Å². The topological polar surface area (TPSA) is 41.6 Å². The molecule has 3 rings (SSSR count). The van der Waals surface area contributed by atoms with Gasteiger partial charge >= 0.3 is 0 Å². The molecule has 26 heavy (non-hydrogen) atoms. The summed E-state index contributed by atoms with van der Waals surface area (Å²) in [6.07, 6.45) is 2.26. The number of hydrogen-bond donors (Lipinski definition) is 1. The van der Waals surface area contributed by atoms with Crippen molar-refractivity contribution in [3.05, 3.63) is 60.2 Å². The lowest BCUT2D eigenvalue weighted by molar-refractivity contribution is -0.122. The Hall–Kier alpha value is -2.33. The Bertz CT molecular complexity index is 709. The van der Waals surface area contributed by atoms with E-state index in [1.54, 1.807) is 0 Å². The number of para-hydroxylation sites is 2. The molecule has 1 saturated heterocycles. The summed E-state index contributed by atoms with van der Waals surface area (Å²) >= 11 is 0. The Morgan fingerprint density at radius 3 is 2.46 bits per heavy atom. The molecular formula is C22H28N2O2. The van der Waals surface area contributed by atoms with Crippen molar-refractivity contribution >= 4 is 11.6 Å². The van der Waals surface area contributed by atoms with Crippen LogP contribution in [0.5, 0.6) is 5.75 Å². The maximum absolute atomic E-state index is 13.2. The van der Waals surface area contributed by atoms with Crippen LogP contribution in [0.3, 0.4) is 0 Å². The van der Waals surface area contributed by atoms with E-state index in [1.807, 2.05) is 61.5 Å². The molecule has 0 unspecified atom stereocenters. The summed E-state index contributed by atoms with van der Waals surface area (Å²) in [5.74, 6) is 1.43. The second-order valence-corrected chi connectivity index (χ2v) is 6.95. The van der Waals surface area contributed by atoms with Gasteiger partial charge in [0, 0.05) is 0 Å². The van der Waals surface area contributed by atoms with Crippen LogP contribution in [0.2, 0.25) is 0 Å². The summed E-state index contributed by atoms with van der Waals surface area (Å²) < 4.78 is 5.65. The standard InChI is InChI=1S/C22H28N2O2/c1-3-26-20-12-8-7-11-19(20)23-22(25)21(18-9-5-4-6-10-18)24-15-13-17(2)14-16-24/h4-12,17,21H,3,13-16H2,1-2H3,(H,23,25)/t21-/m1/s1. The highest BCUT2D eigenvalue weighted by molar-refractivity contribution is 5.96. The Labute approximate surface area is 156 Å². The number of carbonyl (C=O) groups is 1. The number of ether oxygens (including phenoxy) is 1. The molecule has 1 amide bonds. The Balaban J connectivity index is 1.84. The Kier molecular flexibility index (Phi) is 6.29. The minimum absolute atomic E-state index is 0.00194. The molecule has 0 spiro atoms. The first kappa shape index (κ1) is 18.5. The highest BCUT2D eigenvalue weighted by Gasteiger charge is 2.30. The van der Waals surface area contributed by atoms with Gasteiger partial charge in [0.2, 0.25) is 5.91 Å². The predicted molar refractivity (Wildman–Crippen MR) is 105 cm³/mol. The Morgan fingerprint density at radius 2 is 1.77 bits per heavy atom. The van der Waals surface area contributed by atoms with Gasteiger partial charge in [-0.25, -0.2) is 0 Å². The zero-order chi connectivity index (χ0) is 18.4. The van der Waals surface area contributed by atoms with Crippen molar-refractivity contribution in [1.82, 2.24) is 4.90 Å². The second-order valence-electron chi connectivity index (χ2n) is 6.95. The number of carbonyl (C=O) groups excluding carboxylic acids is 1. The maximum Gasteiger partial charge on any atom is 0.246 e. The van der Waals surface area contributed by atoms with Crippen molar-refractivity contribution in [1.29, 1.82) is 0 Å². The first-order valence-electron chi connectivity index (χ1n) is 9.50. The van der Waals surface area contributed by atoms with Crippen LogP contribution < -0.4 is 10.1 Å². The predicted octanol–water partition coefficient (Wildman–Crippen LogP) is 4.50. The summed E-state index contributed by atoms with van der Waals surface area (Å²) in [5.41, 5.74) is 1.76. The summed E-state index contributed by atoms with van der Waals surface area (Å²) in [6.45, 7) is 6.69. The monoisotopic (exact) mass is 352 g/mol. The summed E-state index contributed by atoms with van der Waals surface area (Å²) in [7, 11) is 0. The Morgan fingerprint density at radius 1 is 1.12 bits per heavy atom. The molecule has 1 fully saturated rings. The van der Waals surface area contributed by atoms with Crippen molar-refractivity contribution in [2.45, 2.75) is 32.7 Å². The number of amides is 1. The molecular weight excluding hydrogens is 324 g/mol. The van der Waals surface area contributed by atoms with Gasteiger partial charge < -0.3 is 10.1 Å². The van der Waals surface area contributed by atoms with Crippen LogP contribution in [-0.2, 0) is 4.79 Å². The first-order valence-corrected chi connectivity index (χ1v) is 9.50. The van der Waals surface area contributed by atoms with E-state index in [0.717, 1.165) is 43.1 Å². The fourth-order valence-electron chi connectivity index (χ4n) is 3.50. The van der Waals surface area contributed by atoms with E-state index in [4.69, 9.17) is 4.74 Å². The number of nitrogens with one attached hydrogen (secondary N) is 1. The van der Waals surface area contributed by atoms with Crippen LogP contribution in [0.1, 0.15) is 38.3 Å². The minimum atomic E-state index is -0.279. The van der Waals surface area contributed by atoms with Crippen LogP contribution in [-0.4, -0.2) is 30.5 Å². The molecule has 1 aliphatic heterocycles. The zero-order valence-electron chi connectivity index (χ0n) is 15.7. The van der Waals surface area contributed by atoms with Gasteiger partial charge in [0.1, 0.15) is 11.8 Å². The van der Waals surface area contributed by atoms with E-state index in [2.05, 4.69) is 17.1 Å². The molecule has 2 aromatic carbocycles. The number of piperidine rings is 1. The first-order chi connectivity index (χ1) is 12.7. The summed E-state index contributed by atoms with van der Waals surface area (Å²) in [5, 5.41) is 3.10.